The van der Waals surface area contributed by atoms with Gasteiger partial charge in [0.1, 0.15) is 0 Å². The van der Waals surface area contributed by atoms with Gasteiger partial charge in [-0.05, 0) is 56.9 Å². The van der Waals surface area contributed by atoms with Gasteiger partial charge in [0.25, 0.3) is 0 Å². The zero-order chi connectivity index (χ0) is 15.1. The van der Waals surface area contributed by atoms with E-state index < -0.39 is 0 Å². The van der Waals surface area contributed by atoms with Crippen molar-refractivity contribution >= 4 is 53.4 Å². The lowest BCUT2D eigenvalue weighted by molar-refractivity contribution is 1.64. The van der Waals surface area contributed by atoms with Crippen LogP contribution in [0.25, 0.3) is 32.7 Å². The Kier molecular flexibility index (Phi) is 3.51. The van der Waals surface area contributed by atoms with Gasteiger partial charge in [0.2, 0.25) is 0 Å². The highest BCUT2D eigenvalue weighted by molar-refractivity contribution is 9.10. The van der Waals surface area contributed by atoms with Crippen LogP contribution in [0, 0.1) is 0 Å². The number of rotatable bonds is 1. The van der Waals surface area contributed by atoms with Gasteiger partial charge >= 0.3 is 0 Å². The van der Waals surface area contributed by atoms with E-state index >= 15 is 0 Å². The molecule has 106 valence electrons. The second kappa shape index (κ2) is 5.53. The molecular formula is C20H12Br2. The number of benzene rings is 4. The normalized spacial score (nSPS) is 11.2. The fraction of sp³-hybridized carbons (Fsp3) is 0. The van der Waals surface area contributed by atoms with Gasteiger partial charge < -0.3 is 0 Å². The summed E-state index contributed by atoms with van der Waals surface area (Å²) < 4.78 is 2.20. The lowest BCUT2D eigenvalue weighted by Crippen LogP contribution is -1.85. The molecule has 0 aromatic heterocycles. The average molecular weight is 412 g/mol. The summed E-state index contributed by atoms with van der Waals surface area (Å²) in [6.45, 7) is 0. The quantitative estimate of drug-likeness (QED) is 0.311. The molecule has 0 saturated heterocycles. The van der Waals surface area contributed by atoms with Crippen LogP contribution < -0.4 is 0 Å². The third kappa shape index (κ3) is 2.37. The molecule has 0 amide bonds. The highest BCUT2D eigenvalue weighted by atomic mass is 79.9. The van der Waals surface area contributed by atoms with Crippen LogP contribution in [0.2, 0.25) is 0 Å². The maximum atomic E-state index is 3.65. The summed E-state index contributed by atoms with van der Waals surface area (Å²) in [7, 11) is 0. The molecule has 4 rings (SSSR count). The molecule has 0 N–H and O–H groups in total. The van der Waals surface area contributed by atoms with Crippen LogP contribution in [0.3, 0.4) is 0 Å². The number of halogens is 2. The van der Waals surface area contributed by atoms with Crippen molar-refractivity contribution in [1.82, 2.24) is 0 Å². The second-order valence-electron chi connectivity index (χ2n) is 5.35. The van der Waals surface area contributed by atoms with Crippen molar-refractivity contribution in [1.29, 1.82) is 0 Å². The van der Waals surface area contributed by atoms with E-state index in [9.17, 15) is 0 Å². The smallest absolute Gasteiger partial charge is 0.0187 e. The van der Waals surface area contributed by atoms with Crippen LogP contribution in [0.15, 0.2) is 81.7 Å². The van der Waals surface area contributed by atoms with Crippen molar-refractivity contribution in [3.05, 3.63) is 81.7 Å². The lowest BCUT2D eigenvalue weighted by atomic mass is 9.94. The summed E-state index contributed by atoms with van der Waals surface area (Å²) in [5.74, 6) is 0. The molecule has 4 aromatic carbocycles. The zero-order valence-corrected chi connectivity index (χ0v) is 14.9. The number of fused-ring (bicyclic) bond motifs is 2. The Morgan fingerprint density at radius 1 is 0.500 bits per heavy atom. The minimum atomic E-state index is 1.10. The fourth-order valence-electron chi connectivity index (χ4n) is 2.99. The highest BCUT2D eigenvalue weighted by Crippen LogP contribution is 2.37. The van der Waals surface area contributed by atoms with Crippen LogP contribution in [0.1, 0.15) is 0 Å². The predicted octanol–water partition coefficient (Wildman–Crippen LogP) is 7.19. The third-order valence-electron chi connectivity index (χ3n) is 3.94. The van der Waals surface area contributed by atoms with E-state index in [1.54, 1.807) is 0 Å². The first-order valence-corrected chi connectivity index (χ1v) is 8.68. The van der Waals surface area contributed by atoms with E-state index in [2.05, 4.69) is 105 Å². The molecular weight excluding hydrogens is 400 g/mol. The molecule has 2 heteroatoms. The van der Waals surface area contributed by atoms with E-state index in [4.69, 9.17) is 0 Å². The van der Waals surface area contributed by atoms with Gasteiger partial charge in [-0.15, -0.1) is 0 Å². The maximum Gasteiger partial charge on any atom is 0.0187 e. The van der Waals surface area contributed by atoms with Crippen LogP contribution in [-0.2, 0) is 0 Å². The Morgan fingerprint density at radius 2 is 0.909 bits per heavy atom. The first kappa shape index (κ1) is 14.0. The Bertz CT molecular complexity index is 920. The molecule has 0 heterocycles. The summed E-state index contributed by atoms with van der Waals surface area (Å²) in [5, 5.41) is 5.04. The molecule has 0 unspecified atom stereocenters. The highest BCUT2D eigenvalue weighted by Gasteiger charge is 2.10. The average Bonchev–Trinajstić information content (AvgIpc) is 2.53. The monoisotopic (exact) mass is 410 g/mol. The Labute approximate surface area is 146 Å². The number of hydrogen-bond acceptors (Lipinski definition) is 0. The standard InChI is InChI=1S/C20H12Br2/c21-15-9-13-5-1-3-7-17(13)19(11-15)20-12-16(22)10-14-6-2-4-8-18(14)20/h1-12H. The molecule has 0 bridgehead atoms. The van der Waals surface area contributed by atoms with Gasteiger partial charge in [-0.3, -0.25) is 0 Å². The van der Waals surface area contributed by atoms with Crippen LogP contribution >= 0.6 is 31.9 Å². The molecule has 0 aliphatic carbocycles. The molecule has 0 spiro atoms. The minimum absolute atomic E-state index is 1.10. The fourth-order valence-corrected chi connectivity index (χ4v) is 3.94. The maximum absolute atomic E-state index is 3.65. The first-order chi connectivity index (χ1) is 10.7. The first-order valence-electron chi connectivity index (χ1n) is 7.09. The van der Waals surface area contributed by atoms with E-state index in [1.807, 2.05) is 0 Å². The van der Waals surface area contributed by atoms with Crippen molar-refractivity contribution in [2.75, 3.05) is 0 Å². The van der Waals surface area contributed by atoms with Crippen molar-refractivity contribution in [2.24, 2.45) is 0 Å². The molecule has 0 fully saturated rings. The zero-order valence-electron chi connectivity index (χ0n) is 11.7. The molecule has 0 nitrogen and oxygen atoms in total. The van der Waals surface area contributed by atoms with Crippen molar-refractivity contribution in [3.8, 4) is 11.1 Å². The van der Waals surface area contributed by atoms with Crippen molar-refractivity contribution in [3.63, 3.8) is 0 Å². The van der Waals surface area contributed by atoms with Gasteiger partial charge in [-0.25, -0.2) is 0 Å². The summed E-state index contributed by atoms with van der Waals surface area (Å²) in [6.07, 6.45) is 0. The van der Waals surface area contributed by atoms with E-state index in [0.717, 1.165) is 8.95 Å². The van der Waals surface area contributed by atoms with Crippen LogP contribution in [0.4, 0.5) is 0 Å². The number of hydrogen-bond donors (Lipinski definition) is 0. The second-order valence-corrected chi connectivity index (χ2v) is 7.18. The van der Waals surface area contributed by atoms with Gasteiger partial charge in [-0.2, -0.15) is 0 Å². The van der Waals surface area contributed by atoms with Crippen molar-refractivity contribution in [2.45, 2.75) is 0 Å². The summed E-state index contributed by atoms with van der Waals surface area (Å²) in [5.41, 5.74) is 2.50. The molecule has 4 aromatic rings. The van der Waals surface area contributed by atoms with E-state index in [-0.39, 0.29) is 0 Å². The van der Waals surface area contributed by atoms with Gasteiger partial charge in [0, 0.05) is 8.95 Å². The SMILES string of the molecule is Brc1cc(-c2cc(Br)cc3ccccc23)c2ccccc2c1. The van der Waals surface area contributed by atoms with Crippen LogP contribution in [-0.4, -0.2) is 0 Å². The Morgan fingerprint density at radius 3 is 1.36 bits per heavy atom. The van der Waals surface area contributed by atoms with Gasteiger partial charge in [0.15, 0.2) is 0 Å². The van der Waals surface area contributed by atoms with Gasteiger partial charge in [-0.1, -0.05) is 80.4 Å². The Balaban J connectivity index is 2.16. The molecule has 0 aliphatic heterocycles. The molecule has 0 radical (unpaired) electrons. The van der Waals surface area contributed by atoms with E-state index in [1.165, 1.54) is 32.7 Å². The molecule has 22 heavy (non-hydrogen) atoms. The molecule has 0 atom stereocenters. The summed E-state index contributed by atoms with van der Waals surface area (Å²) in [6, 6.07) is 25.8. The summed E-state index contributed by atoms with van der Waals surface area (Å²) >= 11 is 7.30. The predicted molar refractivity (Wildman–Crippen MR) is 102 cm³/mol. The topological polar surface area (TPSA) is 0 Å². The molecule has 0 aliphatic rings. The van der Waals surface area contributed by atoms with Gasteiger partial charge in [0.05, 0.1) is 0 Å². The summed E-state index contributed by atoms with van der Waals surface area (Å²) in [4.78, 5) is 0. The lowest BCUT2D eigenvalue weighted by Gasteiger charge is -2.12. The van der Waals surface area contributed by atoms with E-state index in [0.29, 0.717) is 0 Å². The third-order valence-corrected chi connectivity index (χ3v) is 4.86. The minimum Gasteiger partial charge on any atom is -0.0616 e. The Hall–Kier alpha value is -1.64. The van der Waals surface area contributed by atoms with Crippen LogP contribution in [0.5, 0.6) is 0 Å². The largest absolute Gasteiger partial charge is 0.0616 e. The van der Waals surface area contributed by atoms with Crippen molar-refractivity contribution < 1.29 is 0 Å². The molecule has 0 saturated carbocycles.